The number of hydrogen-bond donors (Lipinski definition) is 1. The SMILES string of the molecule is Cc1ccc(F)cc1-n1c(C(F)(F)F)nc2c1CCNC2. The molecule has 1 aromatic heterocycles. The minimum atomic E-state index is -4.59. The van der Waals surface area contributed by atoms with Gasteiger partial charge in [0.15, 0.2) is 0 Å². The maximum atomic E-state index is 13.5. The van der Waals surface area contributed by atoms with Crippen LogP contribution in [0, 0.1) is 12.7 Å². The second-order valence-corrected chi connectivity index (χ2v) is 5.02. The summed E-state index contributed by atoms with van der Waals surface area (Å²) in [5.74, 6) is -1.56. The molecule has 1 aliphatic heterocycles. The molecule has 112 valence electrons. The average Bonchev–Trinajstić information content (AvgIpc) is 2.81. The van der Waals surface area contributed by atoms with Gasteiger partial charge in [-0.2, -0.15) is 13.2 Å². The minimum absolute atomic E-state index is 0.193. The van der Waals surface area contributed by atoms with E-state index in [0.717, 1.165) is 10.6 Å². The zero-order valence-corrected chi connectivity index (χ0v) is 11.3. The van der Waals surface area contributed by atoms with Crippen LogP contribution in [0.1, 0.15) is 22.8 Å². The summed E-state index contributed by atoms with van der Waals surface area (Å²) < 4.78 is 54.3. The van der Waals surface area contributed by atoms with E-state index >= 15 is 0 Å². The molecule has 0 fully saturated rings. The summed E-state index contributed by atoms with van der Waals surface area (Å²) in [6, 6.07) is 3.82. The lowest BCUT2D eigenvalue weighted by Crippen LogP contribution is -2.25. The number of nitrogens with one attached hydrogen (secondary N) is 1. The molecule has 21 heavy (non-hydrogen) atoms. The van der Waals surface area contributed by atoms with Gasteiger partial charge in [-0.15, -0.1) is 0 Å². The van der Waals surface area contributed by atoms with Gasteiger partial charge in [-0.25, -0.2) is 9.37 Å². The predicted octanol–water partition coefficient (Wildman–Crippen LogP) is 2.98. The Labute approximate surface area is 118 Å². The molecule has 1 N–H and O–H groups in total. The van der Waals surface area contributed by atoms with Crippen molar-refractivity contribution in [3.8, 4) is 5.69 Å². The number of aromatic nitrogens is 2. The fourth-order valence-corrected chi connectivity index (χ4v) is 2.58. The summed E-state index contributed by atoms with van der Waals surface area (Å²) >= 11 is 0. The Balaban J connectivity index is 2.29. The summed E-state index contributed by atoms with van der Waals surface area (Å²) in [6.07, 6.45) is -4.16. The number of nitrogens with zero attached hydrogens (tertiary/aromatic N) is 2. The predicted molar refractivity (Wildman–Crippen MR) is 68.7 cm³/mol. The van der Waals surface area contributed by atoms with E-state index in [2.05, 4.69) is 10.3 Å². The van der Waals surface area contributed by atoms with Crippen LogP contribution in [0.25, 0.3) is 5.69 Å². The van der Waals surface area contributed by atoms with E-state index in [1.54, 1.807) is 6.92 Å². The third-order valence-corrected chi connectivity index (χ3v) is 3.55. The molecule has 0 amide bonds. The fraction of sp³-hybridized carbons (Fsp3) is 0.357. The third-order valence-electron chi connectivity index (χ3n) is 3.55. The molecule has 3 rings (SSSR count). The number of fused-ring (bicyclic) bond motifs is 1. The van der Waals surface area contributed by atoms with Gasteiger partial charge in [0.1, 0.15) is 5.82 Å². The number of alkyl halides is 3. The Bertz CT molecular complexity index is 688. The Hall–Kier alpha value is -1.89. The molecule has 0 bridgehead atoms. The Morgan fingerprint density at radius 3 is 2.76 bits per heavy atom. The topological polar surface area (TPSA) is 29.9 Å². The molecule has 7 heteroatoms. The quantitative estimate of drug-likeness (QED) is 0.820. The van der Waals surface area contributed by atoms with Gasteiger partial charge in [0, 0.05) is 25.2 Å². The minimum Gasteiger partial charge on any atom is -0.311 e. The summed E-state index contributed by atoms with van der Waals surface area (Å²) in [4.78, 5) is 3.72. The summed E-state index contributed by atoms with van der Waals surface area (Å²) in [6.45, 7) is 2.52. The summed E-state index contributed by atoms with van der Waals surface area (Å²) in [7, 11) is 0. The number of rotatable bonds is 1. The first-order chi connectivity index (χ1) is 9.88. The van der Waals surface area contributed by atoms with Gasteiger partial charge in [-0.1, -0.05) is 6.07 Å². The lowest BCUT2D eigenvalue weighted by molar-refractivity contribution is -0.146. The summed E-state index contributed by atoms with van der Waals surface area (Å²) in [5, 5.41) is 2.99. The maximum absolute atomic E-state index is 13.5. The molecular formula is C14H13F4N3. The van der Waals surface area contributed by atoms with Crippen LogP contribution in [0.4, 0.5) is 17.6 Å². The number of hydrogen-bond acceptors (Lipinski definition) is 2. The second kappa shape index (κ2) is 4.84. The van der Waals surface area contributed by atoms with Crippen LogP contribution in [0.5, 0.6) is 0 Å². The van der Waals surface area contributed by atoms with Crippen LogP contribution in [0.3, 0.4) is 0 Å². The lowest BCUT2D eigenvalue weighted by atomic mass is 10.1. The number of halogens is 4. The first-order valence-electron chi connectivity index (χ1n) is 6.53. The van der Waals surface area contributed by atoms with Crippen LogP contribution in [-0.2, 0) is 19.1 Å². The lowest BCUT2D eigenvalue weighted by Gasteiger charge is -2.18. The number of benzene rings is 1. The van der Waals surface area contributed by atoms with E-state index in [1.165, 1.54) is 12.1 Å². The van der Waals surface area contributed by atoms with Gasteiger partial charge in [0.25, 0.3) is 0 Å². The first-order valence-corrected chi connectivity index (χ1v) is 6.53. The van der Waals surface area contributed by atoms with Crippen molar-refractivity contribution in [3.05, 3.63) is 46.8 Å². The Kier molecular flexibility index (Phi) is 3.24. The van der Waals surface area contributed by atoms with E-state index in [9.17, 15) is 17.6 Å². The number of aryl methyl sites for hydroxylation is 1. The molecule has 1 aromatic carbocycles. The highest BCUT2D eigenvalue weighted by molar-refractivity contribution is 5.45. The molecule has 0 aliphatic carbocycles. The molecule has 0 atom stereocenters. The zero-order valence-electron chi connectivity index (χ0n) is 11.3. The van der Waals surface area contributed by atoms with Crippen LogP contribution in [0.15, 0.2) is 18.2 Å². The first kappa shape index (κ1) is 14.1. The second-order valence-electron chi connectivity index (χ2n) is 5.02. The van der Waals surface area contributed by atoms with Crippen molar-refractivity contribution < 1.29 is 17.6 Å². The molecular weight excluding hydrogens is 286 g/mol. The highest BCUT2D eigenvalue weighted by Crippen LogP contribution is 2.34. The molecule has 0 radical (unpaired) electrons. The van der Waals surface area contributed by atoms with Gasteiger partial charge in [-0.3, -0.25) is 4.57 Å². The van der Waals surface area contributed by atoms with E-state index in [1.807, 2.05) is 0 Å². The molecule has 0 spiro atoms. The third kappa shape index (κ3) is 2.42. The van der Waals surface area contributed by atoms with Gasteiger partial charge >= 0.3 is 6.18 Å². The van der Waals surface area contributed by atoms with E-state index < -0.39 is 17.8 Å². The molecule has 2 aromatic rings. The van der Waals surface area contributed by atoms with Crippen molar-refractivity contribution >= 4 is 0 Å². The van der Waals surface area contributed by atoms with Crippen molar-refractivity contribution in [2.24, 2.45) is 0 Å². The smallest absolute Gasteiger partial charge is 0.311 e. The van der Waals surface area contributed by atoms with Crippen molar-refractivity contribution in [2.45, 2.75) is 26.1 Å². The highest BCUT2D eigenvalue weighted by atomic mass is 19.4. The van der Waals surface area contributed by atoms with Crippen molar-refractivity contribution in [1.82, 2.24) is 14.9 Å². The number of imidazole rings is 1. The van der Waals surface area contributed by atoms with Gasteiger partial charge < -0.3 is 5.32 Å². The maximum Gasteiger partial charge on any atom is 0.450 e. The van der Waals surface area contributed by atoms with Crippen molar-refractivity contribution in [1.29, 1.82) is 0 Å². The van der Waals surface area contributed by atoms with Crippen LogP contribution in [-0.4, -0.2) is 16.1 Å². The van der Waals surface area contributed by atoms with Crippen LogP contribution in [0.2, 0.25) is 0 Å². The van der Waals surface area contributed by atoms with Gasteiger partial charge in [0.2, 0.25) is 5.82 Å². The van der Waals surface area contributed by atoms with Crippen LogP contribution < -0.4 is 5.32 Å². The van der Waals surface area contributed by atoms with Crippen molar-refractivity contribution in [3.63, 3.8) is 0 Å². The van der Waals surface area contributed by atoms with Gasteiger partial charge in [-0.05, 0) is 24.6 Å². The largest absolute Gasteiger partial charge is 0.450 e. The molecule has 1 aliphatic rings. The van der Waals surface area contributed by atoms with E-state index in [4.69, 9.17) is 0 Å². The molecule has 2 heterocycles. The normalized spacial score (nSPS) is 15.1. The average molecular weight is 299 g/mol. The van der Waals surface area contributed by atoms with E-state index in [-0.39, 0.29) is 5.69 Å². The highest BCUT2D eigenvalue weighted by Gasteiger charge is 2.40. The summed E-state index contributed by atoms with van der Waals surface area (Å²) in [5.41, 5.74) is 1.63. The van der Waals surface area contributed by atoms with Crippen LogP contribution >= 0.6 is 0 Å². The standard InChI is InChI=1S/C14H13F4N3/c1-8-2-3-9(15)6-12(8)21-11-4-5-19-7-10(11)20-13(21)14(16,17)18/h2-3,6,19H,4-5,7H2,1H3. The molecule has 0 unspecified atom stereocenters. The molecule has 0 saturated carbocycles. The fourth-order valence-electron chi connectivity index (χ4n) is 2.58. The Morgan fingerprint density at radius 1 is 1.29 bits per heavy atom. The Morgan fingerprint density at radius 2 is 2.05 bits per heavy atom. The zero-order chi connectivity index (χ0) is 15.2. The molecule has 0 saturated heterocycles. The van der Waals surface area contributed by atoms with Crippen molar-refractivity contribution in [2.75, 3.05) is 6.54 Å². The van der Waals surface area contributed by atoms with Gasteiger partial charge in [0.05, 0.1) is 11.4 Å². The van der Waals surface area contributed by atoms with E-state index in [0.29, 0.717) is 36.5 Å². The monoisotopic (exact) mass is 299 g/mol. The molecule has 3 nitrogen and oxygen atoms in total.